The summed E-state index contributed by atoms with van der Waals surface area (Å²) in [6.07, 6.45) is 1.34. The molecule has 3 rings (SSSR count). The Morgan fingerprint density at radius 2 is 1.96 bits per heavy atom. The van der Waals surface area contributed by atoms with Crippen molar-refractivity contribution in [1.29, 1.82) is 5.26 Å². The Kier molecular flexibility index (Phi) is 5.80. The lowest BCUT2D eigenvalue weighted by Crippen LogP contribution is -2.36. The average Bonchev–Trinajstić information content (AvgIpc) is 3.16. The van der Waals surface area contributed by atoms with E-state index >= 15 is 0 Å². The van der Waals surface area contributed by atoms with E-state index < -0.39 is 10.8 Å². The molecular formula is C18H16N4O4S. The number of carbonyl (C=O) groups excluding carboxylic acids is 1. The summed E-state index contributed by atoms with van der Waals surface area (Å²) >= 11 is 0.904. The fraction of sp³-hybridized carbons (Fsp3) is 0.222. The van der Waals surface area contributed by atoms with Crippen LogP contribution < -0.4 is 10.2 Å². The zero-order valence-corrected chi connectivity index (χ0v) is 15.1. The van der Waals surface area contributed by atoms with Crippen molar-refractivity contribution in [3.05, 3.63) is 57.0 Å². The van der Waals surface area contributed by atoms with Gasteiger partial charge in [-0.25, -0.2) is 0 Å². The van der Waals surface area contributed by atoms with Gasteiger partial charge in [-0.15, -0.1) is 0 Å². The Labute approximate surface area is 159 Å². The van der Waals surface area contributed by atoms with Gasteiger partial charge in [-0.3, -0.25) is 14.9 Å². The van der Waals surface area contributed by atoms with Gasteiger partial charge in [0.15, 0.2) is 0 Å². The number of carbonyl (C=O) groups is 1. The second kappa shape index (κ2) is 8.44. The maximum Gasteiger partial charge on any atom is 0.324 e. The van der Waals surface area contributed by atoms with E-state index in [1.54, 1.807) is 12.1 Å². The van der Waals surface area contributed by atoms with Gasteiger partial charge < -0.3 is 15.0 Å². The fourth-order valence-electron chi connectivity index (χ4n) is 2.58. The van der Waals surface area contributed by atoms with Crippen LogP contribution in [0.4, 0.5) is 16.4 Å². The highest BCUT2D eigenvalue weighted by atomic mass is 32.1. The molecule has 27 heavy (non-hydrogen) atoms. The van der Waals surface area contributed by atoms with Gasteiger partial charge in [-0.1, -0.05) is 11.3 Å². The molecule has 0 aliphatic carbocycles. The van der Waals surface area contributed by atoms with E-state index in [9.17, 15) is 20.2 Å². The summed E-state index contributed by atoms with van der Waals surface area (Å²) in [4.78, 5) is 25.2. The lowest BCUT2D eigenvalue weighted by Gasteiger charge is -2.28. The predicted octanol–water partition coefficient (Wildman–Crippen LogP) is 3.04. The van der Waals surface area contributed by atoms with Crippen LogP contribution in [-0.4, -0.2) is 37.1 Å². The summed E-state index contributed by atoms with van der Waals surface area (Å²) in [5.41, 5.74) is 1.48. The smallest absolute Gasteiger partial charge is 0.324 e. The molecule has 0 atom stereocenters. The normalized spacial score (nSPS) is 14.5. The number of ether oxygens (including phenoxy) is 1. The van der Waals surface area contributed by atoms with Crippen LogP contribution in [0.2, 0.25) is 0 Å². The largest absolute Gasteiger partial charge is 0.378 e. The number of rotatable bonds is 5. The maximum absolute atomic E-state index is 12.3. The van der Waals surface area contributed by atoms with Crippen LogP contribution in [0.25, 0.3) is 6.08 Å². The number of nitrogens with one attached hydrogen (secondary N) is 1. The van der Waals surface area contributed by atoms with E-state index in [4.69, 9.17) is 4.74 Å². The van der Waals surface area contributed by atoms with Crippen LogP contribution >= 0.6 is 11.3 Å². The van der Waals surface area contributed by atoms with Crippen LogP contribution in [0, 0.1) is 21.4 Å². The zero-order valence-electron chi connectivity index (χ0n) is 14.3. The van der Waals surface area contributed by atoms with Crippen molar-refractivity contribution in [2.45, 2.75) is 0 Å². The quantitative estimate of drug-likeness (QED) is 0.367. The fourth-order valence-corrected chi connectivity index (χ4v) is 3.35. The van der Waals surface area contributed by atoms with Crippen LogP contribution in [-0.2, 0) is 9.53 Å². The third kappa shape index (κ3) is 4.69. The molecule has 1 aliphatic heterocycles. The molecule has 2 heterocycles. The SMILES string of the molecule is N#C/C(=C\c1ccc([N+](=O)[O-])s1)C(=O)Nc1ccc(N2CCOCC2)cc1. The van der Waals surface area contributed by atoms with Crippen molar-refractivity contribution in [3.8, 4) is 6.07 Å². The third-order valence-corrected chi connectivity index (χ3v) is 4.93. The molecule has 2 aromatic rings. The maximum atomic E-state index is 12.3. The number of hydrogen-bond donors (Lipinski definition) is 1. The summed E-state index contributed by atoms with van der Waals surface area (Å²) in [6, 6.07) is 12.0. The lowest BCUT2D eigenvalue weighted by molar-refractivity contribution is -0.380. The Bertz CT molecular complexity index is 908. The van der Waals surface area contributed by atoms with Gasteiger partial charge in [0.25, 0.3) is 5.91 Å². The average molecular weight is 384 g/mol. The molecule has 1 aromatic heterocycles. The highest BCUT2D eigenvalue weighted by molar-refractivity contribution is 7.16. The zero-order chi connectivity index (χ0) is 19.2. The highest BCUT2D eigenvalue weighted by Crippen LogP contribution is 2.26. The molecule has 1 aliphatic rings. The molecule has 0 unspecified atom stereocenters. The number of nitrogens with zero attached hydrogens (tertiary/aromatic N) is 3. The Morgan fingerprint density at radius 1 is 1.26 bits per heavy atom. The van der Waals surface area contributed by atoms with E-state index in [1.165, 1.54) is 18.2 Å². The first-order chi connectivity index (χ1) is 13.1. The highest BCUT2D eigenvalue weighted by Gasteiger charge is 2.14. The number of hydrogen-bond acceptors (Lipinski definition) is 7. The monoisotopic (exact) mass is 384 g/mol. The minimum absolute atomic E-state index is 0.0438. The molecule has 1 saturated heterocycles. The van der Waals surface area contributed by atoms with Crippen molar-refractivity contribution in [2.75, 3.05) is 36.5 Å². The molecule has 0 radical (unpaired) electrons. The molecule has 0 spiro atoms. The molecule has 9 heteroatoms. The van der Waals surface area contributed by atoms with Gasteiger partial charge in [-0.2, -0.15) is 5.26 Å². The number of nitro groups is 1. The number of anilines is 2. The number of benzene rings is 1. The van der Waals surface area contributed by atoms with Gasteiger partial charge in [0.05, 0.1) is 18.1 Å². The first-order valence-electron chi connectivity index (χ1n) is 8.17. The number of nitriles is 1. The van der Waals surface area contributed by atoms with E-state index in [-0.39, 0.29) is 10.6 Å². The summed E-state index contributed by atoms with van der Waals surface area (Å²) in [7, 11) is 0. The summed E-state index contributed by atoms with van der Waals surface area (Å²) in [5.74, 6) is -0.562. The number of thiophene rings is 1. The predicted molar refractivity (Wildman–Crippen MR) is 103 cm³/mol. The van der Waals surface area contributed by atoms with Gasteiger partial charge in [0.2, 0.25) is 0 Å². The van der Waals surface area contributed by atoms with Crippen molar-refractivity contribution < 1.29 is 14.5 Å². The van der Waals surface area contributed by atoms with Gasteiger partial charge in [0, 0.05) is 35.4 Å². The van der Waals surface area contributed by atoms with Crippen molar-refractivity contribution >= 4 is 39.7 Å². The number of amides is 1. The standard InChI is InChI=1S/C18H16N4O4S/c19-12-13(11-16-5-6-17(27-16)22(24)25)18(23)20-14-1-3-15(4-2-14)21-7-9-26-10-8-21/h1-6,11H,7-10H2,(H,20,23)/b13-11+. The second-order valence-corrected chi connectivity index (χ2v) is 6.80. The lowest BCUT2D eigenvalue weighted by atomic mass is 10.2. The van der Waals surface area contributed by atoms with Crippen LogP contribution in [0.3, 0.4) is 0 Å². The molecule has 0 bridgehead atoms. The summed E-state index contributed by atoms with van der Waals surface area (Å²) in [6.45, 7) is 3.02. The molecule has 1 fully saturated rings. The molecule has 1 aromatic carbocycles. The van der Waals surface area contributed by atoms with E-state index in [2.05, 4.69) is 10.2 Å². The topological polar surface area (TPSA) is 108 Å². The second-order valence-electron chi connectivity index (χ2n) is 5.70. The molecular weight excluding hydrogens is 368 g/mol. The Morgan fingerprint density at radius 3 is 2.56 bits per heavy atom. The summed E-state index contributed by atoms with van der Waals surface area (Å²) in [5, 5.41) is 22.6. The molecule has 1 N–H and O–H groups in total. The van der Waals surface area contributed by atoms with Crippen LogP contribution in [0.1, 0.15) is 4.88 Å². The van der Waals surface area contributed by atoms with Crippen molar-refractivity contribution in [1.82, 2.24) is 0 Å². The number of morpholine rings is 1. The van der Waals surface area contributed by atoms with E-state index in [0.717, 1.165) is 30.1 Å². The molecule has 138 valence electrons. The third-order valence-electron chi connectivity index (χ3n) is 3.95. The Balaban J connectivity index is 1.68. The van der Waals surface area contributed by atoms with Crippen LogP contribution in [0.15, 0.2) is 42.0 Å². The van der Waals surface area contributed by atoms with E-state index in [0.29, 0.717) is 23.8 Å². The van der Waals surface area contributed by atoms with Crippen LogP contribution in [0.5, 0.6) is 0 Å². The first-order valence-corrected chi connectivity index (χ1v) is 8.98. The first kappa shape index (κ1) is 18.6. The van der Waals surface area contributed by atoms with Crippen molar-refractivity contribution in [2.24, 2.45) is 0 Å². The minimum atomic E-state index is -0.562. The van der Waals surface area contributed by atoms with E-state index in [1.807, 2.05) is 18.2 Å². The summed E-state index contributed by atoms with van der Waals surface area (Å²) < 4.78 is 5.33. The van der Waals surface area contributed by atoms with Gasteiger partial charge in [0.1, 0.15) is 11.6 Å². The minimum Gasteiger partial charge on any atom is -0.378 e. The van der Waals surface area contributed by atoms with Crippen molar-refractivity contribution in [3.63, 3.8) is 0 Å². The molecule has 0 saturated carbocycles. The van der Waals surface area contributed by atoms with Gasteiger partial charge >= 0.3 is 5.00 Å². The Hall–Kier alpha value is -3.22. The van der Waals surface area contributed by atoms with Gasteiger partial charge in [-0.05, 0) is 36.4 Å². The molecule has 8 nitrogen and oxygen atoms in total. The molecule has 1 amide bonds.